The number of carbonyl (C=O) groups is 1. The van der Waals surface area contributed by atoms with Gasteiger partial charge in [-0.15, -0.1) is 0 Å². The fraction of sp³-hybridized carbons (Fsp3) is 0.364. The predicted molar refractivity (Wildman–Crippen MR) is 56.3 cm³/mol. The van der Waals surface area contributed by atoms with Gasteiger partial charge in [-0.2, -0.15) is 0 Å². The normalized spacial score (nSPS) is 10.3. The first kappa shape index (κ1) is 13.3. The van der Waals surface area contributed by atoms with Crippen molar-refractivity contribution < 1.29 is 23.1 Å². The third kappa shape index (κ3) is 4.34. The van der Waals surface area contributed by atoms with E-state index in [1.54, 1.807) is 0 Å². The van der Waals surface area contributed by atoms with E-state index in [9.17, 15) is 18.0 Å². The number of rotatable bonds is 6. The van der Waals surface area contributed by atoms with Gasteiger partial charge in [0.2, 0.25) is 0 Å². The number of hydrogen-bond acceptors (Lipinski definition) is 2. The van der Waals surface area contributed by atoms with Gasteiger partial charge in [-0.3, -0.25) is 4.79 Å². The number of aliphatic carboxylic acids is 1. The van der Waals surface area contributed by atoms with Crippen LogP contribution in [0.3, 0.4) is 0 Å². The maximum atomic E-state index is 13.1. The van der Waals surface area contributed by atoms with E-state index < -0.39 is 23.4 Å². The van der Waals surface area contributed by atoms with Gasteiger partial charge in [-0.1, -0.05) is 0 Å². The lowest BCUT2D eigenvalue weighted by Gasteiger charge is -2.08. The molecule has 0 saturated carbocycles. The Morgan fingerprint density at radius 2 is 1.76 bits per heavy atom. The number of benzene rings is 1. The van der Waals surface area contributed by atoms with Gasteiger partial charge in [-0.05, 0) is 12.8 Å². The smallest absolute Gasteiger partial charge is 0.303 e. The number of nitrogens with one attached hydrogen (secondary N) is 1. The Kier molecular flexibility index (Phi) is 4.81. The number of anilines is 1. The Morgan fingerprint density at radius 1 is 1.18 bits per heavy atom. The third-order valence-electron chi connectivity index (χ3n) is 2.13. The quantitative estimate of drug-likeness (QED) is 0.760. The Labute approximate surface area is 96.3 Å². The van der Waals surface area contributed by atoms with Crippen molar-refractivity contribution >= 4 is 11.7 Å². The summed E-state index contributed by atoms with van der Waals surface area (Å²) < 4.78 is 38.8. The van der Waals surface area contributed by atoms with Crippen LogP contribution in [-0.4, -0.2) is 17.6 Å². The van der Waals surface area contributed by atoms with Crippen molar-refractivity contribution in [3.8, 4) is 0 Å². The van der Waals surface area contributed by atoms with E-state index in [1.807, 2.05) is 0 Å². The van der Waals surface area contributed by atoms with E-state index in [-0.39, 0.29) is 18.7 Å². The predicted octanol–water partition coefficient (Wildman–Crippen LogP) is 2.77. The Balaban J connectivity index is 2.44. The molecular weight excluding hydrogens is 235 g/mol. The van der Waals surface area contributed by atoms with Gasteiger partial charge >= 0.3 is 5.97 Å². The first-order valence-electron chi connectivity index (χ1n) is 5.11. The highest BCUT2D eigenvalue weighted by Gasteiger charge is 2.10. The van der Waals surface area contributed by atoms with E-state index in [2.05, 4.69) is 5.32 Å². The highest BCUT2D eigenvalue weighted by atomic mass is 19.1. The van der Waals surface area contributed by atoms with Gasteiger partial charge in [0.1, 0.15) is 11.5 Å². The van der Waals surface area contributed by atoms with Crippen LogP contribution in [-0.2, 0) is 4.79 Å². The van der Waals surface area contributed by atoms with Crippen LogP contribution in [0.2, 0.25) is 0 Å². The van der Waals surface area contributed by atoms with Crippen LogP contribution in [0.5, 0.6) is 0 Å². The largest absolute Gasteiger partial charge is 0.481 e. The second-order valence-electron chi connectivity index (χ2n) is 3.52. The zero-order valence-electron chi connectivity index (χ0n) is 8.97. The van der Waals surface area contributed by atoms with E-state index in [1.165, 1.54) is 0 Å². The van der Waals surface area contributed by atoms with Gasteiger partial charge in [0.25, 0.3) is 0 Å². The standard InChI is InChI=1S/C11H12F3NO2/c12-7-5-8(13)11(9(14)6-7)15-4-2-1-3-10(16)17/h5-6,15H,1-4H2,(H,16,17). The molecule has 1 rings (SSSR count). The maximum Gasteiger partial charge on any atom is 0.303 e. The van der Waals surface area contributed by atoms with Gasteiger partial charge in [-0.25, -0.2) is 13.2 Å². The minimum absolute atomic E-state index is 0.00998. The molecule has 6 heteroatoms. The SMILES string of the molecule is O=C(O)CCCCNc1c(F)cc(F)cc1F. The number of halogens is 3. The van der Waals surface area contributed by atoms with Gasteiger partial charge in [0.15, 0.2) is 11.6 Å². The van der Waals surface area contributed by atoms with Gasteiger partial charge < -0.3 is 10.4 Å². The van der Waals surface area contributed by atoms with Crippen LogP contribution in [0.25, 0.3) is 0 Å². The zero-order valence-corrected chi connectivity index (χ0v) is 8.97. The fourth-order valence-corrected chi connectivity index (χ4v) is 1.33. The average molecular weight is 247 g/mol. The first-order valence-corrected chi connectivity index (χ1v) is 5.11. The van der Waals surface area contributed by atoms with Crippen LogP contribution in [0.1, 0.15) is 19.3 Å². The third-order valence-corrected chi connectivity index (χ3v) is 2.13. The topological polar surface area (TPSA) is 49.3 Å². The second-order valence-corrected chi connectivity index (χ2v) is 3.52. The molecule has 1 aromatic rings. The Bertz CT molecular complexity index is 387. The van der Waals surface area contributed by atoms with Crippen LogP contribution in [0.4, 0.5) is 18.9 Å². The summed E-state index contributed by atoms with van der Waals surface area (Å²) in [5.41, 5.74) is -0.387. The molecule has 0 spiro atoms. The molecule has 0 aliphatic heterocycles. The highest BCUT2D eigenvalue weighted by molar-refractivity contribution is 5.66. The molecule has 0 radical (unpaired) electrons. The molecule has 0 unspecified atom stereocenters. The molecule has 0 saturated heterocycles. The minimum Gasteiger partial charge on any atom is -0.481 e. The number of carboxylic acids is 1. The van der Waals surface area contributed by atoms with E-state index >= 15 is 0 Å². The summed E-state index contributed by atoms with van der Waals surface area (Å²) in [5.74, 6) is -3.89. The zero-order chi connectivity index (χ0) is 12.8. The molecule has 0 fully saturated rings. The molecule has 0 aliphatic carbocycles. The molecule has 2 N–H and O–H groups in total. The van der Waals surface area contributed by atoms with Crippen LogP contribution in [0.15, 0.2) is 12.1 Å². The number of unbranched alkanes of at least 4 members (excludes halogenated alkanes) is 1. The van der Waals surface area contributed by atoms with Crippen molar-refractivity contribution in [1.29, 1.82) is 0 Å². The molecule has 0 aliphatic rings. The van der Waals surface area contributed by atoms with Crippen LogP contribution >= 0.6 is 0 Å². The summed E-state index contributed by atoms with van der Waals surface area (Å²) in [5, 5.41) is 10.8. The summed E-state index contributed by atoms with van der Waals surface area (Å²) in [7, 11) is 0. The summed E-state index contributed by atoms with van der Waals surface area (Å²) in [6.07, 6.45) is 0.880. The van der Waals surface area contributed by atoms with Crippen molar-refractivity contribution in [2.45, 2.75) is 19.3 Å². The van der Waals surface area contributed by atoms with E-state index in [0.29, 0.717) is 25.0 Å². The second kappa shape index (κ2) is 6.12. The summed E-state index contributed by atoms with van der Waals surface area (Å²) in [4.78, 5) is 10.2. The highest BCUT2D eigenvalue weighted by Crippen LogP contribution is 2.20. The van der Waals surface area contributed by atoms with E-state index in [0.717, 1.165) is 0 Å². The van der Waals surface area contributed by atoms with E-state index in [4.69, 9.17) is 5.11 Å². The molecule has 94 valence electrons. The molecule has 17 heavy (non-hydrogen) atoms. The Hall–Kier alpha value is -1.72. The fourth-order valence-electron chi connectivity index (χ4n) is 1.33. The first-order chi connectivity index (χ1) is 8.00. The molecule has 3 nitrogen and oxygen atoms in total. The lowest BCUT2D eigenvalue weighted by Crippen LogP contribution is -2.07. The summed E-state index contributed by atoms with van der Waals surface area (Å²) in [6, 6.07) is 1.17. The molecule has 0 amide bonds. The van der Waals surface area contributed by atoms with Crippen molar-refractivity contribution in [3.63, 3.8) is 0 Å². The van der Waals surface area contributed by atoms with Crippen molar-refractivity contribution in [3.05, 3.63) is 29.6 Å². The molecular formula is C11H12F3NO2. The maximum absolute atomic E-state index is 13.1. The van der Waals surface area contributed by atoms with Crippen molar-refractivity contribution in [1.82, 2.24) is 0 Å². The molecule has 0 bridgehead atoms. The number of carboxylic acid groups (broad SMARTS) is 1. The number of hydrogen-bond donors (Lipinski definition) is 2. The lowest BCUT2D eigenvalue weighted by molar-refractivity contribution is -0.137. The lowest BCUT2D eigenvalue weighted by atomic mass is 10.2. The summed E-state index contributed by atoms with van der Waals surface area (Å²) >= 11 is 0. The summed E-state index contributed by atoms with van der Waals surface area (Å²) in [6.45, 7) is 0.229. The Morgan fingerprint density at radius 3 is 2.29 bits per heavy atom. The van der Waals surface area contributed by atoms with Crippen LogP contribution < -0.4 is 5.32 Å². The molecule has 0 atom stereocenters. The van der Waals surface area contributed by atoms with Crippen molar-refractivity contribution in [2.75, 3.05) is 11.9 Å². The molecule has 1 aromatic carbocycles. The van der Waals surface area contributed by atoms with Gasteiger partial charge in [0, 0.05) is 25.1 Å². The molecule has 0 heterocycles. The van der Waals surface area contributed by atoms with Crippen LogP contribution in [0, 0.1) is 17.5 Å². The average Bonchev–Trinajstić information content (AvgIpc) is 2.20. The van der Waals surface area contributed by atoms with Gasteiger partial charge in [0.05, 0.1) is 0 Å². The minimum atomic E-state index is -0.999. The molecule has 0 aromatic heterocycles. The van der Waals surface area contributed by atoms with Crippen molar-refractivity contribution in [2.24, 2.45) is 0 Å². The monoisotopic (exact) mass is 247 g/mol.